The number of hydrogen-bond donors (Lipinski definition) is 4. The van der Waals surface area contributed by atoms with E-state index < -0.39 is 23.8 Å². The first-order valence-corrected chi connectivity index (χ1v) is 9.44. The number of halogens is 2. The van der Waals surface area contributed by atoms with Crippen molar-refractivity contribution in [3.63, 3.8) is 0 Å². The number of nitrogens with one attached hydrogen (secondary N) is 3. The maximum absolute atomic E-state index is 12.6. The summed E-state index contributed by atoms with van der Waals surface area (Å²) < 4.78 is 0.174. The van der Waals surface area contributed by atoms with E-state index in [2.05, 4.69) is 36.8 Å². The number of aliphatic carboxylic acids is 1. The molecule has 0 aliphatic rings. The number of carbonyl (C=O) groups excluding carboxylic acids is 2. The van der Waals surface area contributed by atoms with Crippen molar-refractivity contribution >= 4 is 51.1 Å². The SMILES string of the molecule is O=C(Nc1[nH]nc(C(=O)N[C@H](C(=O)O)c2ccccc2)c1Br)c1ccccc1Cl. The van der Waals surface area contributed by atoms with Gasteiger partial charge in [0.15, 0.2) is 11.7 Å². The Morgan fingerprint density at radius 2 is 1.69 bits per heavy atom. The molecule has 0 radical (unpaired) electrons. The van der Waals surface area contributed by atoms with Crippen LogP contribution in [0.15, 0.2) is 59.1 Å². The third-order valence-electron chi connectivity index (χ3n) is 3.93. The van der Waals surface area contributed by atoms with Gasteiger partial charge in [0.2, 0.25) is 0 Å². The molecule has 1 atom stereocenters. The smallest absolute Gasteiger partial charge is 0.330 e. The third kappa shape index (κ3) is 4.64. The summed E-state index contributed by atoms with van der Waals surface area (Å²) >= 11 is 9.21. The Balaban J connectivity index is 1.78. The number of H-pyrrole nitrogens is 1. The standard InChI is InChI=1S/C19H14BrClN4O4/c20-13-15(18(27)22-14(19(28)29)10-6-2-1-3-7-10)24-25-16(13)23-17(26)11-8-4-5-9-12(11)21/h1-9,14H,(H,22,27)(H,28,29)(H2,23,24,25,26)/t14-/m0/s1. The average molecular weight is 478 g/mol. The second kappa shape index (κ2) is 8.89. The van der Waals surface area contributed by atoms with Gasteiger partial charge in [-0.25, -0.2) is 4.79 Å². The summed E-state index contributed by atoms with van der Waals surface area (Å²) in [5, 5.41) is 21.1. The molecular weight excluding hydrogens is 464 g/mol. The molecule has 4 N–H and O–H groups in total. The molecule has 1 heterocycles. The van der Waals surface area contributed by atoms with Crippen molar-refractivity contribution in [3.8, 4) is 0 Å². The molecule has 3 aromatic rings. The average Bonchev–Trinajstić information content (AvgIpc) is 3.07. The number of carboxylic acids is 1. The molecule has 0 bridgehead atoms. The van der Waals surface area contributed by atoms with Crippen molar-refractivity contribution in [2.24, 2.45) is 0 Å². The van der Waals surface area contributed by atoms with E-state index in [1.807, 2.05) is 0 Å². The van der Waals surface area contributed by atoms with Crippen LogP contribution in [-0.4, -0.2) is 33.1 Å². The number of aromatic amines is 1. The number of benzene rings is 2. The highest BCUT2D eigenvalue weighted by Gasteiger charge is 2.26. The van der Waals surface area contributed by atoms with Crippen molar-refractivity contribution in [1.82, 2.24) is 15.5 Å². The summed E-state index contributed by atoms with van der Waals surface area (Å²) in [6.07, 6.45) is 0. The first-order chi connectivity index (χ1) is 13.9. The maximum atomic E-state index is 12.6. The quantitative estimate of drug-likeness (QED) is 0.431. The van der Waals surface area contributed by atoms with E-state index in [1.54, 1.807) is 54.6 Å². The number of carboxylic acid groups (broad SMARTS) is 1. The van der Waals surface area contributed by atoms with Gasteiger partial charge in [0.1, 0.15) is 5.82 Å². The maximum Gasteiger partial charge on any atom is 0.330 e. The molecule has 0 aliphatic carbocycles. The van der Waals surface area contributed by atoms with Gasteiger partial charge in [-0.15, -0.1) is 0 Å². The van der Waals surface area contributed by atoms with Crippen LogP contribution < -0.4 is 10.6 Å². The number of aromatic nitrogens is 2. The molecule has 1 aromatic heterocycles. The molecule has 0 spiro atoms. The molecule has 8 nitrogen and oxygen atoms in total. The molecule has 2 amide bonds. The number of hydrogen-bond acceptors (Lipinski definition) is 4. The zero-order chi connectivity index (χ0) is 21.0. The van der Waals surface area contributed by atoms with Crippen molar-refractivity contribution in [1.29, 1.82) is 0 Å². The van der Waals surface area contributed by atoms with Crippen LogP contribution in [0.25, 0.3) is 0 Å². The zero-order valence-corrected chi connectivity index (χ0v) is 17.0. The lowest BCUT2D eigenvalue weighted by atomic mass is 10.1. The Morgan fingerprint density at radius 1 is 1.03 bits per heavy atom. The van der Waals surface area contributed by atoms with E-state index >= 15 is 0 Å². The number of amides is 2. The fraction of sp³-hybridized carbons (Fsp3) is 0.0526. The van der Waals surface area contributed by atoms with E-state index in [-0.39, 0.29) is 26.6 Å². The third-order valence-corrected chi connectivity index (χ3v) is 5.04. The fourth-order valence-corrected chi connectivity index (χ4v) is 3.20. The summed E-state index contributed by atoms with van der Waals surface area (Å²) in [6, 6.07) is 13.5. The molecule has 0 saturated heterocycles. The summed E-state index contributed by atoms with van der Waals surface area (Å²) in [4.78, 5) is 36.5. The molecule has 0 saturated carbocycles. The van der Waals surface area contributed by atoms with E-state index in [0.29, 0.717) is 5.56 Å². The Hall–Kier alpha value is -3.17. The lowest BCUT2D eigenvalue weighted by molar-refractivity contribution is -0.139. The Labute approximate surface area is 178 Å². The van der Waals surface area contributed by atoms with Crippen LogP contribution in [0.2, 0.25) is 5.02 Å². The normalized spacial score (nSPS) is 11.5. The van der Waals surface area contributed by atoms with Crippen LogP contribution in [0.5, 0.6) is 0 Å². The van der Waals surface area contributed by atoms with Crippen molar-refractivity contribution in [2.75, 3.05) is 5.32 Å². The lowest BCUT2D eigenvalue weighted by Gasteiger charge is -2.14. The van der Waals surface area contributed by atoms with Crippen molar-refractivity contribution in [3.05, 3.63) is 80.9 Å². The van der Waals surface area contributed by atoms with Crippen LogP contribution >= 0.6 is 27.5 Å². The lowest BCUT2D eigenvalue weighted by Crippen LogP contribution is -2.34. The van der Waals surface area contributed by atoms with Crippen LogP contribution in [0.3, 0.4) is 0 Å². The molecule has 148 valence electrons. The first-order valence-electron chi connectivity index (χ1n) is 8.27. The van der Waals surface area contributed by atoms with Gasteiger partial charge in [-0.3, -0.25) is 14.7 Å². The predicted octanol–water partition coefficient (Wildman–Crippen LogP) is 3.63. The number of rotatable bonds is 6. The van der Waals surface area contributed by atoms with E-state index in [0.717, 1.165) is 0 Å². The summed E-state index contributed by atoms with van der Waals surface area (Å²) in [5.41, 5.74) is 0.547. The van der Waals surface area contributed by atoms with Gasteiger partial charge in [0, 0.05) is 0 Å². The number of carbonyl (C=O) groups is 3. The number of anilines is 1. The first kappa shape index (κ1) is 20.6. The van der Waals surface area contributed by atoms with E-state index in [9.17, 15) is 19.5 Å². The van der Waals surface area contributed by atoms with Gasteiger partial charge in [-0.2, -0.15) is 5.10 Å². The van der Waals surface area contributed by atoms with Crippen LogP contribution in [0.4, 0.5) is 5.82 Å². The molecule has 10 heteroatoms. The molecule has 0 aliphatic heterocycles. The van der Waals surface area contributed by atoms with Gasteiger partial charge < -0.3 is 15.7 Å². The molecule has 3 rings (SSSR count). The molecule has 2 aromatic carbocycles. The minimum atomic E-state index is -1.26. The Morgan fingerprint density at radius 3 is 2.34 bits per heavy atom. The summed E-state index contributed by atoms with van der Waals surface area (Å²) in [6.45, 7) is 0. The van der Waals surface area contributed by atoms with E-state index in [1.165, 1.54) is 0 Å². The van der Waals surface area contributed by atoms with E-state index in [4.69, 9.17) is 11.6 Å². The molecule has 29 heavy (non-hydrogen) atoms. The fourth-order valence-electron chi connectivity index (χ4n) is 2.52. The Bertz CT molecular complexity index is 1070. The van der Waals surface area contributed by atoms with Crippen LogP contribution in [0, 0.1) is 0 Å². The van der Waals surface area contributed by atoms with Crippen LogP contribution in [0.1, 0.15) is 32.5 Å². The van der Waals surface area contributed by atoms with Gasteiger partial charge >= 0.3 is 5.97 Å². The summed E-state index contributed by atoms with van der Waals surface area (Å²) in [7, 11) is 0. The highest BCUT2D eigenvalue weighted by Crippen LogP contribution is 2.26. The Kier molecular flexibility index (Phi) is 6.30. The monoisotopic (exact) mass is 476 g/mol. The largest absolute Gasteiger partial charge is 0.479 e. The minimum absolute atomic E-state index is 0.110. The van der Waals surface area contributed by atoms with Gasteiger partial charge in [0.25, 0.3) is 11.8 Å². The van der Waals surface area contributed by atoms with Gasteiger partial charge in [-0.05, 0) is 33.6 Å². The number of nitrogens with zero attached hydrogens (tertiary/aromatic N) is 1. The molecular formula is C19H14BrClN4O4. The van der Waals surface area contributed by atoms with Crippen molar-refractivity contribution in [2.45, 2.75) is 6.04 Å². The molecule has 0 unspecified atom stereocenters. The topological polar surface area (TPSA) is 124 Å². The highest BCUT2D eigenvalue weighted by molar-refractivity contribution is 9.10. The minimum Gasteiger partial charge on any atom is -0.479 e. The summed E-state index contributed by atoms with van der Waals surface area (Å²) in [5.74, 6) is -2.32. The second-order valence-corrected chi connectivity index (χ2v) is 7.05. The molecule has 0 fully saturated rings. The highest BCUT2D eigenvalue weighted by atomic mass is 79.9. The van der Waals surface area contributed by atoms with Crippen molar-refractivity contribution < 1.29 is 19.5 Å². The second-order valence-electron chi connectivity index (χ2n) is 5.85. The van der Waals surface area contributed by atoms with Gasteiger partial charge in [-0.1, -0.05) is 54.1 Å². The van der Waals surface area contributed by atoms with Gasteiger partial charge in [0.05, 0.1) is 15.1 Å². The predicted molar refractivity (Wildman–Crippen MR) is 110 cm³/mol. The zero-order valence-electron chi connectivity index (χ0n) is 14.6. The van der Waals surface area contributed by atoms with Crippen LogP contribution in [-0.2, 0) is 4.79 Å².